The molecule has 1 saturated carbocycles. The SMILES string of the molecule is CC(C)(C)CN(CCCO)C(=O)c1cccc(NC(=O)C2CC2)c1. The quantitative estimate of drug-likeness (QED) is 0.806. The molecular formula is C19H28N2O3. The van der Waals surface area contributed by atoms with Crippen LogP contribution >= 0.6 is 0 Å². The van der Waals surface area contributed by atoms with E-state index in [0.29, 0.717) is 30.8 Å². The zero-order valence-electron chi connectivity index (χ0n) is 14.8. The van der Waals surface area contributed by atoms with E-state index in [9.17, 15) is 9.59 Å². The highest BCUT2D eigenvalue weighted by Gasteiger charge is 2.29. The van der Waals surface area contributed by atoms with E-state index in [4.69, 9.17) is 5.11 Å². The van der Waals surface area contributed by atoms with Gasteiger partial charge in [0.1, 0.15) is 0 Å². The number of hydrogen-bond donors (Lipinski definition) is 2. The molecule has 0 radical (unpaired) electrons. The maximum Gasteiger partial charge on any atom is 0.253 e. The fourth-order valence-electron chi connectivity index (χ4n) is 2.59. The number of rotatable bonds is 7. The Morgan fingerprint density at radius 3 is 2.58 bits per heavy atom. The van der Waals surface area contributed by atoms with Crippen molar-refractivity contribution in [2.45, 2.75) is 40.0 Å². The van der Waals surface area contributed by atoms with Crippen LogP contribution in [0.15, 0.2) is 24.3 Å². The van der Waals surface area contributed by atoms with Crippen LogP contribution in [0.4, 0.5) is 5.69 Å². The standard InChI is InChI=1S/C19H28N2O3/c1-19(2,3)13-21(10-5-11-22)18(24)15-6-4-7-16(12-15)20-17(23)14-8-9-14/h4,6-7,12,14,22H,5,8-11,13H2,1-3H3,(H,20,23). The number of aliphatic hydroxyl groups excluding tert-OH is 1. The molecule has 0 atom stereocenters. The van der Waals surface area contributed by atoms with Crippen molar-refractivity contribution < 1.29 is 14.7 Å². The van der Waals surface area contributed by atoms with E-state index >= 15 is 0 Å². The fourth-order valence-corrected chi connectivity index (χ4v) is 2.59. The van der Waals surface area contributed by atoms with E-state index in [-0.39, 0.29) is 29.8 Å². The van der Waals surface area contributed by atoms with Gasteiger partial charge in [-0.3, -0.25) is 9.59 Å². The lowest BCUT2D eigenvalue weighted by Gasteiger charge is -2.30. The molecule has 0 aromatic heterocycles. The molecule has 0 heterocycles. The molecule has 132 valence electrons. The molecule has 0 spiro atoms. The molecule has 1 fully saturated rings. The van der Waals surface area contributed by atoms with Crippen LogP contribution in [0.2, 0.25) is 0 Å². The predicted molar refractivity (Wildman–Crippen MR) is 94.9 cm³/mol. The lowest BCUT2D eigenvalue weighted by Crippen LogP contribution is -2.38. The monoisotopic (exact) mass is 332 g/mol. The zero-order valence-corrected chi connectivity index (χ0v) is 14.8. The first-order valence-corrected chi connectivity index (χ1v) is 8.61. The first-order valence-electron chi connectivity index (χ1n) is 8.61. The van der Waals surface area contributed by atoms with E-state index in [0.717, 1.165) is 12.8 Å². The summed E-state index contributed by atoms with van der Waals surface area (Å²) in [5, 5.41) is 12.0. The van der Waals surface area contributed by atoms with Gasteiger partial charge in [0.15, 0.2) is 0 Å². The van der Waals surface area contributed by atoms with Crippen LogP contribution in [0.25, 0.3) is 0 Å². The van der Waals surface area contributed by atoms with Crippen molar-refractivity contribution in [3.8, 4) is 0 Å². The van der Waals surface area contributed by atoms with Gasteiger partial charge in [-0.15, -0.1) is 0 Å². The van der Waals surface area contributed by atoms with Gasteiger partial charge in [-0.05, 0) is 42.9 Å². The number of amides is 2. The van der Waals surface area contributed by atoms with Gasteiger partial charge in [-0.2, -0.15) is 0 Å². The molecule has 0 aliphatic heterocycles. The normalized spacial score (nSPS) is 14.3. The molecular weight excluding hydrogens is 304 g/mol. The van der Waals surface area contributed by atoms with Crippen molar-refractivity contribution in [3.63, 3.8) is 0 Å². The van der Waals surface area contributed by atoms with E-state index < -0.39 is 0 Å². The Labute approximate surface area is 144 Å². The summed E-state index contributed by atoms with van der Waals surface area (Å²) in [6, 6.07) is 7.09. The first kappa shape index (κ1) is 18.5. The Hall–Kier alpha value is -1.88. The predicted octanol–water partition coefficient (Wildman–Crippen LogP) is 2.91. The second kappa shape index (κ2) is 7.79. The van der Waals surface area contributed by atoms with Crippen LogP contribution in [0, 0.1) is 11.3 Å². The lowest BCUT2D eigenvalue weighted by atomic mass is 9.95. The molecule has 24 heavy (non-hydrogen) atoms. The van der Waals surface area contributed by atoms with Crippen LogP contribution in [0.1, 0.15) is 50.4 Å². The van der Waals surface area contributed by atoms with Crippen LogP contribution in [-0.2, 0) is 4.79 Å². The molecule has 0 unspecified atom stereocenters. The van der Waals surface area contributed by atoms with Crippen LogP contribution < -0.4 is 5.32 Å². The minimum atomic E-state index is -0.0686. The number of aliphatic hydroxyl groups is 1. The maximum atomic E-state index is 12.8. The minimum absolute atomic E-state index is 0.0249. The van der Waals surface area contributed by atoms with Gasteiger partial charge >= 0.3 is 0 Å². The zero-order chi connectivity index (χ0) is 17.7. The highest BCUT2D eigenvalue weighted by Crippen LogP contribution is 2.30. The number of benzene rings is 1. The summed E-state index contributed by atoms with van der Waals surface area (Å²) in [6.07, 6.45) is 2.45. The Bertz CT molecular complexity index is 589. The van der Waals surface area contributed by atoms with Crippen molar-refractivity contribution in [2.24, 2.45) is 11.3 Å². The second-order valence-corrected chi connectivity index (χ2v) is 7.71. The summed E-state index contributed by atoms with van der Waals surface area (Å²) >= 11 is 0. The second-order valence-electron chi connectivity index (χ2n) is 7.71. The summed E-state index contributed by atoms with van der Waals surface area (Å²) in [7, 11) is 0. The molecule has 1 aromatic carbocycles. The highest BCUT2D eigenvalue weighted by atomic mass is 16.3. The fraction of sp³-hybridized carbons (Fsp3) is 0.579. The smallest absolute Gasteiger partial charge is 0.253 e. The average Bonchev–Trinajstić information content (AvgIpc) is 3.34. The Morgan fingerprint density at radius 1 is 1.29 bits per heavy atom. The summed E-state index contributed by atoms with van der Waals surface area (Å²) in [4.78, 5) is 26.5. The van der Waals surface area contributed by atoms with Crippen LogP contribution in [0.3, 0.4) is 0 Å². The molecule has 0 bridgehead atoms. The third-order valence-corrected chi connectivity index (χ3v) is 3.86. The summed E-state index contributed by atoms with van der Waals surface area (Å²) in [6.45, 7) is 7.44. The number of carbonyl (C=O) groups excluding carboxylic acids is 2. The Kier molecular flexibility index (Phi) is 5.99. The average molecular weight is 332 g/mol. The van der Waals surface area contributed by atoms with Crippen molar-refractivity contribution >= 4 is 17.5 Å². The summed E-state index contributed by atoms with van der Waals surface area (Å²) < 4.78 is 0. The number of anilines is 1. The van der Waals surface area contributed by atoms with Gasteiger partial charge in [0, 0.05) is 36.9 Å². The third kappa shape index (κ3) is 5.64. The molecule has 1 aliphatic carbocycles. The number of hydrogen-bond acceptors (Lipinski definition) is 3. The molecule has 2 rings (SSSR count). The molecule has 1 aromatic rings. The van der Waals surface area contributed by atoms with E-state index in [2.05, 4.69) is 26.1 Å². The molecule has 2 amide bonds. The summed E-state index contributed by atoms with van der Waals surface area (Å²) in [5.74, 6) is 0.0959. The molecule has 2 N–H and O–H groups in total. The number of nitrogens with one attached hydrogen (secondary N) is 1. The van der Waals surface area contributed by atoms with Crippen molar-refractivity contribution in [1.29, 1.82) is 0 Å². The third-order valence-electron chi connectivity index (χ3n) is 3.86. The van der Waals surface area contributed by atoms with Crippen LogP contribution in [0.5, 0.6) is 0 Å². The lowest BCUT2D eigenvalue weighted by molar-refractivity contribution is -0.117. The Morgan fingerprint density at radius 2 is 2.00 bits per heavy atom. The number of nitrogens with zero attached hydrogens (tertiary/aromatic N) is 1. The van der Waals surface area contributed by atoms with Crippen molar-refractivity contribution in [3.05, 3.63) is 29.8 Å². The van der Waals surface area contributed by atoms with Gasteiger partial charge in [0.2, 0.25) is 5.91 Å². The molecule has 1 aliphatic rings. The van der Waals surface area contributed by atoms with Gasteiger partial charge in [0.05, 0.1) is 0 Å². The van der Waals surface area contributed by atoms with Gasteiger partial charge < -0.3 is 15.3 Å². The van der Waals surface area contributed by atoms with Gasteiger partial charge in [-0.25, -0.2) is 0 Å². The highest BCUT2D eigenvalue weighted by molar-refractivity contribution is 5.98. The number of carbonyl (C=O) groups is 2. The molecule has 0 saturated heterocycles. The van der Waals surface area contributed by atoms with Gasteiger partial charge in [-0.1, -0.05) is 26.8 Å². The molecule has 5 heteroatoms. The topological polar surface area (TPSA) is 69.6 Å². The first-order chi connectivity index (χ1) is 11.3. The van der Waals surface area contributed by atoms with Gasteiger partial charge in [0.25, 0.3) is 5.91 Å². The van der Waals surface area contributed by atoms with E-state index in [1.807, 2.05) is 0 Å². The van der Waals surface area contributed by atoms with E-state index in [1.165, 1.54) is 0 Å². The minimum Gasteiger partial charge on any atom is -0.396 e. The Balaban J connectivity index is 2.10. The van der Waals surface area contributed by atoms with Crippen molar-refractivity contribution in [1.82, 2.24) is 4.90 Å². The van der Waals surface area contributed by atoms with Crippen molar-refractivity contribution in [2.75, 3.05) is 25.0 Å². The van der Waals surface area contributed by atoms with E-state index in [1.54, 1.807) is 29.2 Å². The van der Waals surface area contributed by atoms with Crippen LogP contribution in [-0.4, -0.2) is 41.5 Å². The summed E-state index contributed by atoms with van der Waals surface area (Å²) in [5.41, 5.74) is 1.20. The molecule has 5 nitrogen and oxygen atoms in total. The largest absolute Gasteiger partial charge is 0.396 e. The maximum absolute atomic E-state index is 12.8.